The molecule has 1 saturated heterocycles. The Bertz CT molecular complexity index is 1090. The topological polar surface area (TPSA) is 54.4 Å². The van der Waals surface area contributed by atoms with Crippen LogP contribution >= 0.6 is 0 Å². The number of amides is 1. The average Bonchev–Trinajstić information content (AvgIpc) is 3.24. The zero-order chi connectivity index (χ0) is 22.5. The van der Waals surface area contributed by atoms with Gasteiger partial charge in [0.2, 0.25) is 11.6 Å². The molecule has 32 heavy (non-hydrogen) atoms. The lowest BCUT2D eigenvalue weighted by molar-refractivity contribution is -0.159. The third-order valence-corrected chi connectivity index (χ3v) is 7.12. The number of piperidine rings is 1. The molecule has 3 aliphatic rings. The Morgan fingerprint density at radius 1 is 1.19 bits per heavy atom. The minimum Gasteiger partial charge on any atom is -0.490 e. The molecule has 1 amide bonds. The lowest BCUT2D eigenvalue weighted by Gasteiger charge is -2.51. The van der Waals surface area contributed by atoms with Crippen LogP contribution in [0.25, 0.3) is 0 Å². The van der Waals surface area contributed by atoms with Gasteiger partial charge >= 0.3 is 0 Å². The second kappa shape index (κ2) is 7.84. The van der Waals surface area contributed by atoms with Gasteiger partial charge in [0.25, 0.3) is 0 Å². The summed E-state index contributed by atoms with van der Waals surface area (Å²) >= 11 is 0. The first-order valence-corrected chi connectivity index (χ1v) is 11.6. The number of ether oxygens (including phenoxy) is 2. The van der Waals surface area contributed by atoms with Crippen LogP contribution in [0.1, 0.15) is 61.4 Å². The van der Waals surface area contributed by atoms with Gasteiger partial charge in [-0.1, -0.05) is 24.3 Å². The Morgan fingerprint density at radius 3 is 2.66 bits per heavy atom. The number of hydrogen-bond acceptors (Lipinski definition) is 5. The van der Waals surface area contributed by atoms with Gasteiger partial charge < -0.3 is 14.4 Å². The van der Waals surface area contributed by atoms with Gasteiger partial charge in [-0.15, -0.1) is 0 Å². The highest BCUT2D eigenvalue weighted by Gasteiger charge is 2.52. The Balaban J connectivity index is 1.57. The van der Waals surface area contributed by atoms with Crippen molar-refractivity contribution >= 4 is 11.6 Å². The number of nitrogens with zero attached hydrogens (tertiary/aromatic N) is 3. The summed E-state index contributed by atoms with van der Waals surface area (Å²) in [5.74, 6) is 1.74. The van der Waals surface area contributed by atoms with Gasteiger partial charge in [0, 0.05) is 44.8 Å². The highest BCUT2D eigenvalue weighted by atomic mass is 16.6. The van der Waals surface area contributed by atoms with E-state index in [1.165, 1.54) is 16.7 Å². The maximum absolute atomic E-state index is 12.0. The van der Waals surface area contributed by atoms with Crippen LogP contribution in [-0.2, 0) is 4.79 Å². The van der Waals surface area contributed by atoms with E-state index >= 15 is 0 Å². The maximum atomic E-state index is 12.0. The van der Waals surface area contributed by atoms with Crippen LogP contribution in [0.5, 0.6) is 11.5 Å². The summed E-state index contributed by atoms with van der Waals surface area (Å²) in [6, 6.07) is 12.8. The van der Waals surface area contributed by atoms with Gasteiger partial charge in [-0.3, -0.25) is 4.79 Å². The van der Waals surface area contributed by atoms with Crippen LogP contribution in [0.2, 0.25) is 0 Å². The number of hydrogen-bond donors (Lipinski definition) is 0. The lowest BCUT2D eigenvalue weighted by Crippen LogP contribution is -2.59. The van der Waals surface area contributed by atoms with Crippen LogP contribution in [0.3, 0.4) is 0 Å². The molecule has 0 bridgehead atoms. The fraction of sp³-hybridized carbons (Fsp3) is 0.462. The Kier molecular flexibility index (Phi) is 5.11. The SMILES string of the molecule is CCOc1cccc2c1OC1(CCN(C(C)=O)CC1)N1N=C(c3ccc(C)c(C)c3)CC21. The van der Waals surface area contributed by atoms with E-state index in [-0.39, 0.29) is 11.9 Å². The van der Waals surface area contributed by atoms with Gasteiger partial charge in [-0.25, -0.2) is 5.01 Å². The van der Waals surface area contributed by atoms with Crippen LogP contribution in [0, 0.1) is 13.8 Å². The van der Waals surface area contributed by atoms with Crippen molar-refractivity contribution < 1.29 is 14.3 Å². The molecule has 1 spiro atoms. The first kappa shape index (κ1) is 20.9. The molecule has 0 radical (unpaired) electrons. The van der Waals surface area contributed by atoms with E-state index in [9.17, 15) is 4.79 Å². The van der Waals surface area contributed by atoms with Crippen molar-refractivity contribution in [2.75, 3.05) is 19.7 Å². The fourth-order valence-electron chi connectivity index (χ4n) is 5.14. The monoisotopic (exact) mass is 433 g/mol. The fourth-order valence-corrected chi connectivity index (χ4v) is 5.14. The van der Waals surface area contributed by atoms with Crippen molar-refractivity contribution in [2.45, 2.75) is 58.7 Å². The van der Waals surface area contributed by atoms with Crippen molar-refractivity contribution in [2.24, 2.45) is 5.10 Å². The molecule has 1 atom stereocenters. The molecule has 0 aliphatic carbocycles. The predicted molar refractivity (Wildman–Crippen MR) is 124 cm³/mol. The van der Waals surface area contributed by atoms with Gasteiger partial charge in [-0.2, -0.15) is 5.10 Å². The summed E-state index contributed by atoms with van der Waals surface area (Å²) in [5.41, 5.74) is 5.37. The van der Waals surface area contributed by atoms with E-state index in [0.29, 0.717) is 32.5 Å². The highest BCUT2D eigenvalue weighted by Crippen LogP contribution is 2.52. The summed E-state index contributed by atoms with van der Waals surface area (Å²) in [5, 5.41) is 7.34. The smallest absolute Gasteiger partial charge is 0.219 e. The molecule has 6 heteroatoms. The van der Waals surface area contributed by atoms with E-state index in [1.54, 1.807) is 6.92 Å². The molecule has 168 valence electrons. The molecule has 1 unspecified atom stereocenters. The van der Waals surface area contributed by atoms with E-state index in [4.69, 9.17) is 14.6 Å². The molecular formula is C26H31N3O3. The summed E-state index contributed by atoms with van der Waals surface area (Å²) < 4.78 is 12.7. The number of rotatable bonds is 3. The molecule has 3 heterocycles. The van der Waals surface area contributed by atoms with Gasteiger partial charge in [-0.05, 0) is 49.6 Å². The number of likely N-dealkylation sites (tertiary alicyclic amines) is 1. The molecule has 2 aromatic carbocycles. The van der Waals surface area contributed by atoms with Crippen molar-refractivity contribution in [3.05, 3.63) is 58.7 Å². The van der Waals surface area contributed by atoms with E-state index in [1.807, 2.05) is 24.0 Å². The summed E-state index contributed by atoms with van der Waals surface area (Å²) in [7, 11) is 0. The van der Waals surface area contributed by atoms with Crippen molar-refractivity contribution in [1.29, 1.82) is 0 Å². The summed E-state index contributed by atoms with van der Waals surface area (Å²) in [6.07, 6.45) is 2.26. The molecule has 6 nitrogen and oxygen atoms in total. The maximum Gasteiger partial charge on any atom is 0.219 e. The molecule has 3 aliphatic heterocycles. The second-order valence-electron chi connectivity index (χ2n) is 9.07. The van der Waals surface area contributed by atoms with Crippen molar-refractivity contribution in [3.8, 4) is 11.5 Å². The number of aryl methyl sites for hydroxylation is 2. The minimum atomic E-state index is -0.571. The number of fused-ring (bicyclic) bond motifs is 4. The molecule has 0 aromatic heterocycles. The summed E-state index contributed by atoms with van der Waals surface area (Å²) in [6.45, 7) is 9.83. The zero-order valence-corrected chi connectivity index (χ0v) is 19.4. The number of hydrazone groups is 1. The molecule has 5 rings (SSSR count). The molecule has 0 saturated carbocycles. The minimum absolute atomic E-state index is 0.0969. The number of benzene rings is 2. The molecule has 1 fully saturated rings. The average molecular weight is 434 g/mol. The Labute approximate surface area is 189 Å². The molecular weight excluding hydrogens is 402 g/mol. The van der Waals surface area contributed by atoms with Crippen LogP contribution in [0.15, 0.2) is 41.5 Å². The first-order chi connectivity index (χ1) is 15.4. The summed E-state index contributed by atoms with van der Waals surface area (Å²) in [4.78, 5) is 13.9. The van der Waals surface area contributed by atoms with Crippen LogP contribution < -0.4 is 9.47 Å². The van der Waals surface area contributed by atoms with Crippen LogP contribution in [-0.4, -0.2) is 46.9 Å². The highest BCUT2D eigenvalue weighted by molar-refractivity contribution is 6.02. The largest absolute Gasteiger partial charge is 0.490 e. The van der Waals surface area contributed by atoms with Crippen LogP contribution in [0.4, 0.5) is 0 Å². The first-order valence-electron chi connectivity index (χ1n) is 11.6. The zero-order valence-electron chi connectivity index (χ0n) is 19.4. The molecule has 2 aromatic rings. The Hall–Kier alpha value is -3.02. The predicted octanol–water partition coefficient (Wildman–Crippen LogP) is 4.58. The third-order valence-electron chi connectivity index (χ3n) is 7.12. The van der Waals surface area contributed by atoms with Crippen molar-refractivity contribution in [3.63, 3.8) is 0 Å². The third kappa shape index (κ3) is 3.33. The van der Waals surface area contributed by atoms with E-state index < -0.39 is 5.72 Å². The number of carbonyl (C=O) groups is 1. The normalized spacial score (nSPS) is 21.0. The number of para-hydroxylation sites is 1. The standard InChI is InChI=1S/C26H31N3O3/c1-5-31-24-8-6-7-21-23-16-22(20-10-9-17(2)18(3)15-20)27-29(23)26(32-25(21)24)11-13-28(14-12-26)19(4)30/h6-10,15,23H,5,11-14,16H2,1-4H3. The van der Waals surface area contributed by atoms with E-state index in [2.05, 4.69) is 43.1 Å². The quantitative estimate of drug-likeness (QED) is 0.711. The Morgan fingerprint density at radius 2 is 1.97 bits per heavy atom. The second-order valence-corrected chi connectivity index (χ2v) is 9.07. The number of carbonyl (C=O) groups excluding carboxylic acids is 1. The van der Waals surface area contributed by atoms with Gasteiger partial charge in [0.1, 0.15) is 0 Å². The lowest BCUT2D eigenvalue weighted by atomic mass is 9.90. The van der Waals surface area contributed by atoms with Gasteiger partial charge in [0.05, 0.1) is 18.4 Å². The van der Waals surface area contributed by atoms with Gasteiger partial charge in [0.15, 0.2) is 11.5 Å². The molecule has 0 N–H and O–H groups in total. The van der Waals surface area contributed by atoms with Crippen molar-refractivity contribution in [1.82, 2.24) is 9.91 Å². The van der Waals surface area contributed by atoms with E-state index in [0.717, 1.165) is 29.2 Å².